The summed E-state index contributed by atoms with van der Waals surface area (Å²) in [6.45, 7) is 1.13. The van der Waals surface area contributed by atoms with Gasteiger partial charge in [0.05, 0.1) is 12.5 Å². The largest absolute Gasteiger partial charge is 0.463 e. The first kappa shape index (κ1) is 13.9. The average molecular weight is 294 g/mol. The molecule has 9 heteroatoms. The van der Waals surface area contributed by atoms with Crippen molar-refractivity contribution in [3.8, 4) is 0 Å². The summed E-state index contributed by atoms with van der Waals surface area (Å²) in [5, 5.41) is 20.1. The highest BCUT2D eigenvalue weighted by Crippen LogP contribution is 2.31. The summed E-state index contributed by atoms with van der Waals surface area (Å²) >= 11 is 0. The summed E-state index contributed by atoms with van der Waals surface area (Å²) in [6, 6.07) is 0. The number of carbonyl (C=O) groups is 1. The molecule has 0 spiro atoms. The summed E-state index contributed by atoms with van der Waals surface area (Å²) in [5.41, 5.74) is 1.03. The molecule has 2 N–H and O–H groups in total. The van der Waals surface area contributed by atoms with Crippen molar-refractivity contribution < 1.29 is 24.5 Å². The molecule has 2 aromatic rings. The number of rotatable bonds is 3. The predicted molar refractivity (Wildman–Crippen MR) is 67.9 cm³/mol. The van der Waals surface area contributed by atoms with Crippen LogP contribution in [0.3, 0.4) is 0 Å². The SMILES string of the molecule is CC(=O)OC[C@H]1O[C@@H](n2cnc3cncnc32)[C@H](O)[C@@H]1O. The minimum Gasteiger partial charge on any atom is -0.463 e. The molecule has 1 fully saturated rings. The van der Waals surface area contributed by atoms with Crippen LogP contribution >= 0.6 is 0 Å². The van der Waals surface area contributed by atoms with Crippen LogP contribution in [0.15, 0.2) is 18.9 Å². The molecule has 3 rings (SSSR count). The van der Waals surface area contributed by atoms with Crippen LogP contribution in [-0.2, 0) is 14.3 Å². The van der Waals surface area contributed by atoms with Gasteiger partial charge < -0.3 is 19.7 Å². The Hall–Kier alpha value is -2.10. The first-order valence-electron chi connectivity index (χ1n) is 6.35. The van der Waals surface area contributed by atoms with Gasteiger partial charge in [0, 0.05) is 6.92 Å². The van der Waals surface area contributed by atoms with Crippen LogP contribution in [0.1, 0.15) is 13.2 Å². The zero-order valence-electron chi connectivity index (χ0n) is 11.2. The first-order valence-corrected chi connectivity index (χ1v) is 6.35. The smallest absolute Gasteiger partial charge is 0.302 e. The number of nitrogens with zero attached hydrogens (tertiary/aromatic N) is 4. The highest BCUT2D eigenvalue weighted by Gasteiger charge is 2.44. The van der Waals surface area contributed by atoms with E-state index in [1.807, 2.05) is 0 Å². The van der Waals surface area contributed by atoms with Gasteiger partial charge in [-0.25, -0.2) is 15.0 Å². The van der Waals surface area contributed by atoms with E-state index in [1.165, 1.54) is 30.3 Å². The molecule has 1 aliphatic heterocycles. The highest BCUT2D eigenvalue weighted by molar-refractivity contribution is 5.69. The van der Waals surface area contributed by atoms with Gasteiger partial charge in [-0.15, -0.1) is 0 Å². The van der Waals surface area contributed by atoms with Gasteiger partial charge in [-0.3, -0.25) is 9.36 Å². The number of aliphatic hydroxyl groups is 2. The summed E-state index contributed by atoms with van der Waals surface area (Å²) < 4.78 is 11.9. The number of hydrogen-bond donors (Lipinski definition) is 2. The lowest BCUT2D eigenvalue weighted by atomic mass is 10.1. The monoisotopic (exact) mass is 294 g/mol. The number of imidazole rings is 1. The van der Waals surface area contributed by atoms with Crippen molar-refractivity contribution in [1.29, 1.82) is 0 Å². The van der Waals surface area contributed by atoms with Crippen molar-refractivity contribution >= 4 is 17.1 Å². The van der Waals surface area contributed by atoms with E-state index in [0.717, 1.165) is 0 Å². The molecule has 2 aromatic heterocycles. The molecule has 112 valence electrons. The summed E-state index contributed by atoms with van der Waals surface area (Å²) in [7, 11) is 0. The zero-order valence-corrected chi connectivity index (χ0v) is 11.2. The van der Waals surface area contributed by atoms with Crippen LogP contribution in [0.4, 0.5) is 0 Å². The topological polar surface area (TPSA) is 120 Å². The Morgan fingerprint density at radius 1 is 1.43 bits per heavy atom. The minimum atomic E-state index is -1.18. The molecule has 21 heavy (non-hydrogen) atoms. The van der Waals surface area contributed by atoms with Crippen molar-refractivity contribution in [2.75, 3.05) is 6.61 Å². The van der Waals surface area contributed by atoms with Gasteiger partial charge in [-0.2, -0.15) is 0 Å². The second kappa shape index (κ2) is 5.35. The van der Waals surface area contributed by atoms with Crippen molar-refractivity contribution in [3.05, 3.63) is 18.9 Å². The maximum atomic E-state index is 10.8. The molecule has 9 nitrogen and oxygen atoms in total. The predicted octanol–water partition coefficient (Wildman–Crippen LogP) is -0.991. The summed E-state index contributed by atoms with van der Waals surface area (Å²) in [5.74, 6) is -0.482. The van der Waals surface area contributed by atoms with Crippen LogP contribution in [0.25, 0.3) is 11.2 Å². The molecule has 0 saturated carbocycles. The number of esters is 1. The molecule has 0 bridgehead atoms. The fraction of sp³-hybridized carbons (Fsp3) is 0.500. The number of aromatic nitrogens is 4. The van der Waals surface area contributed by atoms with Crippen LogP contribution in [0, 0.1) is 0 Å². The molecule has 0 unspecified atom stereocenters. The van der Waals surface area contributed by atoms with E-state index in [0.29, 0.717) is 11.2 Å². The van der Waals surface area contributed by atoms with Crippen molar-refractivity contribution in [1.82, 2.24) is 19.5 Å². The lowest BCUT2D eigenvalue weighted by Crippen LogP contribution is -2.34. The second-order valence-electron chi connectivity index (χ2n) is 4.73. The normalized spacial score (nSPS) is 28.9. The first-order chi connectivity index (χ1) is 10.1. The minimum absolute atomic E-state index is 0.133. The molecule has 0 radical (unpaired) electrons. The Labute approximate surface area is 119 Å². The van der Waals surface area contributed by atoms with Gasteiger partial charge >= 0.3 is 5.97 Å². The Morgan fingerprint density at radius 3 is 3.00 bits per heavy atom. The molecule has 0 aliphatic carbocycles. The number of aliphatic hydroxyl groups excluding tert-OH is 2. The number of carbonyl (C=O) groups excluding carboxylic acids is 1. The zero-order chi connectivity index (χ0) is 15.0. The maximum Gasteiger partial charge on any atom is 0.302 e. The van der Waals surface area contributed by atoms with Gasteiger partial charge in [-0.1, -0.05) is 0 Å². The van der Waals surface area contributed by atoms with E-state index in [9.17, 15) is 15.0 Å². The molecule has 0 aromatic carbocycles. The lowest BCUT2D eigenvalue weighted by molar-refractivity contribution is -0.147. The van der Waals surface area contributed by atoms with Crippen LogP contribution < -0.4 is 0 Å². The lowest BCUT2D eigenvalue weighted by Gasteiger charge is -2.16. The van der Waals surface area contributed by atoms with E-state index in [1.54, 1.807) is 0 Å². The average Bonchev–Trinajstić information content (AvgIpc) is 3.00. The molecule has 1 saturated heterocycles. The molecule has 3 heterocycles. The highest BCUT2D eigenvalue weighted by atomic mass is 16.6. The van der Waals surface area contributed by atoms with Gasteiger partial charge in [0.2, 0.25) is 0 Å². The Balaban J connectivity index is 1.84. The van der Waals surface area contributed by atoms with Gasteiger partial charge in [-0.05, 0) is 0 Å². The van der Waals surface area contributed by atoms with Gasteiger partial charge in [0.1, 0.15) is 36.8 Å². The second-order valence-corrected chi connectivity index (χ2v) is 4.73. The van der Waals surface area contributed by atoms with Crippen molar-refractivity contribution in [2.45, 2.75) is 31.5 Å². The molecule has 1 aliphatic rings. The Kier molecular flexibility index (Phi) is 3.53. The molecule has 4 atom stereocenters. The molecular formula is C12H14N4O5. The fourth-order valence-corrected chi connectivity index (χ4v) is 2.27. The standard InChI is InChI=1S/C12H14N4O5/c1-6(17)20-3-8-9(18)10(19)12(21-8)16-5-15-7-2-13-4-14-11(7)16/h2,4-5,8-10,12,18-19H,3H2,1H3/t8-,9-,10-,12-/m1/s1. The van der Waals surface area contributed by atoms with Crippen molar-refractivity contribution in [3.63, 3.8) is 0 Å². The summed E-state index contributed by atoms with van der Waals surface area (Å²) in [4.78, 5) is 22.9. The van der Waals surface area contributed by atoms with E-state index in [-0.39, 0.29) is 6.61 Å². The van der Waals surface area contributed by atoms with Gasteiger partial charge in [0.25, 0.3) is 0 Å². The fourth-order valence-electron chi connectivity index (χ4n) is 2.27. The third-order valence-corrected chi connectivity index (χ3v) is 3.30. The molecular weight excluding hydrogens is 280 g/mol. The quantitative estimate of drug-likeness (QED) is 0.692. The van der Waals surface area contributed by atoms with E-state index < -0.39 is 30.5 Å². The third kappa shape index (κ3) is 2.46. The van der Waals surface area contributed by atoms with E-state index in [4.69, 9.17) is 9.47 Å². The van der Waals surface area contributed by atoms with Crippen LogP contribution in [-0.4, -0.2) is 60.6 Å². The van der Waals surface area contributed by atoms with Crippen molar-refractivity contribution in [2.24, 2.45) is 0 Å². The molecule has 0 amide bonds. The Morgan fingerprint density at radius 2 is 2.24 bits per heavy atom. The number of hydrogen-bond acceptors (Lipinski definition) is 8. The number of ether oxygens (including phenoxy) is 2. The van der Waals surface area contributed by atoms with E-state index >= 15 is 0 Å². The third-order valence-electron chi connectivity index (χ3n) is 3.30. The van der Waals surface area contributed by atoms with Crippen LogP contribution in [0.5, 0.6) is 0 Å². The maximum absolute atomic E-state index is 10.8. The number of fused-ring (bicyclic) bond motifs is 1. The summed E-state index contributed by atoms with van der Waals surface area (Å²) in [6.07, 6.45) is 0.315. The van der Waals surface area contributed by atoms with E-state index in [2.05, 4.69) is 15.0 Å². The van der Waals surface area contributed by atoms with Crippen LogP contribution in [0.2, 0.25) is 0 Å². The van der Waals surface area contributed by atoms with Gasteiger partial charge in [0.15, 0.2) is 11.9 Å². The Bertz CT molecular complexity index is 660.